The molecule has 0 spiro atoms. The van der Waals surface area contributed by atoms with Crippen molar-refractivity contribution in [3.05, 3.63) is 12.2 Å². The van der Waals surface area contributed by atoms with Crippen molar-refractivity contribution in [3.63, 3.8) is 0 Å². The third-order valence-electron chi connectivity index (χ3n) is 3.10. The van der Waals surface area contributed by atoms with Crippen LogP contribution in [0.3, 0.4) is 0 Å². The quantitative estimate of drug-likeness (QED) is 0.788. The number of aromatic nitrogens is 3. The number of aliphatic hydroxyl groups is 1. The molecule has 0 aromatic carbocycles. The van der Waals surface area contributed by atoms with Crippen molar-refractivity contribution >= 4 is 0 Å². The monoisotopic (exact) mass is 195 g/mol. The van der Waals surface area contributed by atoms with E-state index in [1.54, 1.807) is 6.33 Å². The van der Waals surface area contributed by atoms with Gasteiger partial charge in [0, 0.05) is 6.54 Å². The van der Waals surface area contributed by atoms with Gasteiger partial charge in [-0.1, -0.05) is 13.3 Å². The summed E-state index contributed by atoms with van der Waals surface area (Å²) in [5.41, 5.74) is 0. The molecule has 78 valence electrons. The minimum Gasteiger partial charge on any atom is -0.388 e. The van der Waals surface area contributed by atoms with Crippen LogP contribution >= 0.6 is 0 Å². The van der Waals surface area contributed by atoms with Gasteiger partial charge in [0.25, 0.3) is 0 Å². The van der Waals surface area contributed by atoms with Crippen molar-refractivity contribution in [2.24, 2.45) is 11.8 Å². The first-order valence-electron chi connectivity index (χ1n) is 5.27. The molecule has 1 aromatic heterocycles. The van der Waals surface area contributed by atoms with Gasteiger partial charge in [-0.15, -0.1) is 10.2 Å². The molecule has 0 amide bonds. The van der Waals surface area contributed by atoms with Crippen molar-refractivity contribution in [1.82, 2.24) is 14.8 Å². The van der Waals surface area contributed by atoms with E-state index in [9.17, 15) is 0 Å². The maximum atomic E-state index is 9.01. The fourth-order valence-corrected chi connectivity index (χ4v) is 2.32. The third kappa shape index (κ3) is 1.95. The van der Waals surface area contributed by atoms with Gasteiger partial charge in [0.05, 0.1) is 0 Å². The molecule has 1 fully saturated rings. The van der Waals surface area contributed by atoms with E-state index in [-0.39, 0.29) is 6.61 Å². The van der Waals surface area contributed by atoms with Crippen LogP contribution in [0, 0.1) is 11.8 Å². The van der Waals surface area contributed by atoms with E-state index in [4.69, 9.17) is 5.11 Å². The van der Waals surface area contributed by atoms with Gasteiger partial charge >= 0.3 is 0 Å². The molecule has 2 rings (SSSR count). The molecular formula is C10H17N3O. The van der Waals surface area contributed by atoms with Gasteiger partial charge in [0.1, 0.15) is 12.9 Å². The Morgan fingerprint density at radius 1 is 1.57 bits per heavy atom. The molecule has 1 aliphatic carbocycles. The summed E-state index contributed by atoms with van der Waals surface area (Å²) in [4.78, 5) is 0. The lowest BCUT2D eigenvalue weighted by Crippen LogP contribution is -2.10. The van der Waals surface area contributed by atoms with E-state index in [1.165, 1.54) is 19.3 Å². The molecular weight excluding hydrogens is 178 g/mol. The minimum atomic E-state index is -0.0116. The smallest absolute Gasteiger partial charge is 0.158 e. The zero-order valence-corrected chi connectivity index (χ0v) is 8.56. The van der Waals surface area contributed by atoms with Crippen molar-refractivity contribution in [2.45, 2.75) is 39.3 Å². The van der Waals surface area contributed by atoms with Gasteiger partial charge in [-0.3, -0.25) is 0 Å². The van der Waals surface area contributed by atoms with Crippen LogP contribution in [0.25, 0.3) is 0 Å². The molecule has 14 heavy (non-hydrogen) atoms. The summed E-state index contributed by atoms with van der Waals surface area (Å²) in [6.45, 7) is 3.26. The number of hydrogen-bond acceptors (Lipinski definition) is 3. The topological polar surface area (TPSA) is 50.9 Å². The van der Waals surface area contributed by atoms with E-state index in [0.717, 1.165) is 18.4 Å². The lowest BCUT2D eigenvalue weighted by Gasteiger charge is -2.11. The zero-order valence-electron chi connectivity index (χ0n) is 8.56. The van der Waals surface area contributed by atoms with Crippen LogP contribution in [-0.2, 0) is 13.2 Å². The fraction of sp³-hybridized carbons (Fsp3) is 0.800. The molecule has 2 unspecified atom stereocenters. The second kappa shape index (κ2) is 4.09. The second-order valence-electron chi connectivity index (χ2n) is 4.34. The van der Waals surface area contributed by atoms with Crippen LogP contribution in [0.15, 0.2) is 6.33 Å². The van der Waals surface area contributed by atoms with Crippen LogP contribution in [0.1, 0.15) is 32.0 Å². The van der Waals surface area contributed by atoms with Gasteiger partial charge in [0.2, 0.25) is 0 Å². The number of hydrogen-bond donors (Lipinski definition) is 1. The van der Waals surface area contributed by atoms with Crippen LogP contribution < -0.4 is 0 Å². The molecule has 0 aliphatic heterocycles. The summed E-state index contributed by atoms with van der Waals surface area (Å²) in [5.74, 6) is 2.28. The predicted octanol–water partition coefficient (Wildman–Crippen LogP) is 1.21. The van der Waals surface area contributed by atoms with Crippen LogP contribution in [0.4, 0.5) is 0 Å². The van der Waals surface area contributed by atoms with Crippen molar-refractivity contribution in [2.75, 3.05) is 0 Å². The minimum absolute atomic E-state index is 0.0116. The Kier molecular flexibility index (Phi) is 2.82. The highest BCUT2D eigenvalue weighted by atomic mass is 16.3. The normalized spacial score (nSPS) is 27.0. The maximum Gasteiger partial charge on any atom is 0.158 e. The molecule has 1 saturated carbocycles. The van der Waals surface area contributed by atoms with Crippen LogP contribution in [-0.4, -0.2) is 19.9 Å². The molecule has 0 bridgehead atoms. The second-order valence-corrected chi connectivity index (χ2v) is 4.34. The SMILES string of the molecule is CC1CCC(Cn2cnnc2CO)C1. The Bertz CT molecular complexity index is 297. The molecule has 1 heterocycles. The molecule has 2 atom stereocenters. The van der Waals surface area contributed by atoms with E-state index in [0.29, 0.717) is 5.82 Å². The average Bonchev–Trinajstić information content (AvgIpc) is 2.76. The largest absolute Gasteiger partial charge is 0.388 e. The van der Waals surface area contributed by atoms with Crippen molar-refractivity contribution < 1.29 is 5.11 Å². The highest BCUT2D eigenvalue weighted by Crippen LogP contribution is 2.31. The first-order chi connectivity index (χ1) is 6.79. The summed E-state index contributed by atoms with van der Waals surface area (Å²) in [5, 5.41) is 16.7. The summed E-state index contributed by atoms with van der Waals surface area (Å²) < 4.78 is 1.97. The van der Waals surface area contributed by atoms with Crippen LogP contribution in [0.5, 0.6) is 0 Å². The summed E-state index contributed by atoms with van der Waals surface area (Å²) in [6, 6.07) is 0. The molecule has 1 N–H and O–H groups in total. The average molecular weight is 195 g/mol. The lowest BCUT2D eigenvalue weighted by molar-refractivity contribution is 0.260. The van der Waals surface area contributed by atoms with Gasteiger partial charge in [-0.25, -0.2) is 0 Å². The number of rotatable bonds is 3. The molecule has 4 heteroatoms. The fourth-order valence-electron chi connectivity index (χ4n) is 2.32. The molecule has 0 radical (unpaired) electrons. The van der Waals surface area contributed by atoms with Crippen LogP contribution in [0.2, 0.25) is 0 Å². The van der Waals surface area contributed by atoms with E-state index in [1.807, 2.05) is 4.57 Å². The van der Waals surface area contributed by atoms with E-state index >= 15 is 0 Å². The Morgan fingerprint density at radius 2 is 2.43 bits per heavy atom. The summed E-state index contributed by atoms with van der Waals surface area (Å²) in [7, 11) is 0. The molecule has 1 aromatic rings. The molecule has 1 aliphatic rings. The predicted molar refractivity (Wildman–Crippen MR) is 52.4 cm³/mol. The lowest BCUT2D eigenvalue weighted by atomic mass is 10.1. The van der Waals surface area contributed by atoms with Gasteiger partial charge in [-0.2, -0.15) is 0 Å². The van der Waals surface area contributed by atoms with Gasteiger partial charge in [0.15, 0.2) is 5.82 Å². The Labute approximate surface area is 84.0 Å². The highest BCUT2D eigenvalue weighted by molar-refractivity contribution is 4.84. The summed E-state index contributed by atoms with van der Waals surface area (Å²) >= 11 is 0. The standard InChI is InChI=1S/C10H17N3O/c1-8-2-3-9(4-8)5-13-7-11-12-10(13)6-14/h7-9,14H,2-6H2,1H3. The Balaban J connectivity index is 1.97. The van der Waals surface area contributed by atoms with E-state index in [2.05, 4.69) is 17.1 Å². The number of nitrogens with zero attached hydrogens (tertiary/aromatic N) is 3. The van der Waals surface area contributed by atoms with Crippen molar-refractivity contribution in [3.8, 4) is 0 Å². The molecule has 4 nitrogen and oxygen atoms in total. The third-order valence-corrected chi connectivity index (χ3v) is 3.10. The van der Waals surface area contributed by atoms with Crippen molar-refractivity contribution in [1.29, 1.82) is 0 Å². The maximum absolute atomic E-state index is 9.01. The number of aliphatic hydroxyl groups excluding tert-OH is 1. The first-order valence-corrected chi connectivity index (χ1v) is 5.27. The van der Waals surface area contributed by atoms with E-state index < -0.39 is 0 Å². The summed E-state index contributed by atoms with van der Waals surface area (Å²) in [6.07, 6.45) is 5.64. The Hall–Kier alpha value is -0.900. The van der Waals surface area contributed by atoms with Gasteiger partial charge < -0.3 is 9.67 Å². The van der Waals surface area contributed by atoms with Gasteiger partial charge in [-0.05, 0) is 24.7 Å². The Morgan fingerprint density at radius 3 is 3.07 bits per heavy atom. The molecule has 0 saturated heterocycles. The first kappa shape index (κ1) is 9.65. The zero-order chi connectivity index (χ0) is 9.97. The highest BCUT2D eigenvalue weighted by Gasteiger charge is 2.22.